The number of pyridine rings is 1. The van der Waals surface area contributed by atoms with Crippen LogP contribution in [0.5, 0.6) is 0 Å². The SMILES string of the molecule is Cc1oc(=O)oc1Cn1cc(-c2nc(C(=O)Nc3cn(C4CCCCC4)nc3-c3nc(F)ccc3F)cs2)cn1. The second kappa shape index (κ2) is 10.6. The maximum atomic E-state index is 14.7. The first-order valence-corrected chi connectivity index (χ1v) is 13.5. The molecule has 5 heterocycles. The van der Waals surface area contributed by atoms with Gasteiger partial charge in [-0.05, 0) is 31.9 Å². The Balaban J connectivity index is 1.24. The monoisotopic (exact) mass is 567 g/mol. The van der Waals surface area contributed by atoms with Gasteiger partial charge in [-0.15, -0.1) is 11.3 Å². The van der Waals surface area contributed by atoms with Crippen LogP contribution in [0.15, 0.2) is 49.7 Å². The van der Waals surface area contributed by atoms with E-state index in [1.54, 1.807) is 40.3 Å². The Morgan fingerprint density at radius 3 is 2.73 bits per heavy atom. The molecule has 206 valence electrons. The van der Waals surface area contributed by atoms with Gasteiger partial charge in [-0.3, -0.25) is 14.2 Å². The molecular formula is C26H23F2N7O4S. The van der Waals surface area contributed by atoms with Crippen LogP contribution < -0.4 is 11.1 Å². The first-order chi connectivity index (χ1) is 19.3. The number of nitrogens with one attached hydrogen (secondary N) is 1. The number of hydrogen-bond acceptors (Lipinski definition) is 9. The van der Waals surface area contributed by atoms with Gasteiger partial charge >= 0.3 is 5.82 Å². The number of anilines is 1. The molecule has 40 heavy (non-hydrogen) atoms. The van der Waals surface area contributed by atoms with E-state index in [-0.39, 0.29) is 35.4 Å². The van der Waals surface area contributed by atoms with Crippen LogP contribution in [-0.4, -0.2) is 35.4 Å². The Morgan fingerprint density at radius 2 is 1.95 bits per heavy atom. The molecule has 0 atom stereocenters. The van der Waals surface area contributed by atoms with Crippen molar-refractivity contribution >= 4 is 22.9 Å². The molecule has 0 bridgehead atoms. The van der Waals surface area contributed by atoms with E-state index >= 15 is 0 Å². The quantitative estimate of drug-likeness (QED) is 0.265. The Kier molecular flexibility index (Phi) is 6.84. The molecule has 0 aromatic carbocycles. The van der Waals surface area contributed by atoms with Crippen molar-refractivity contribution in [3.63, 3.8) is 0 Å². The largest absolute Gasteiger partial charge is 0.519 e. The van der Waals surface area contributed by atoms with Gasteiger partial charge in [-0.1, -0.05) is 19.3 Å². The summed E-state index contributed by atoms with van der Waals surface area (Å²) < 4.78 is 41.7. The molecule has 6 rings (SSSR count). The molecule has 0 spiro atoms. The van der Waals surface area contributed by atoms with Gasteiger partial charge in [0.05, 0.1) is 17.9 Å². The summed E-state index contributed by atoms with van der Waals surface area (Å²) in [5, 5.41) is 13.7. The highest BCUT2D eigenvalue weighted by atomic mass is 32.1. The fourth-order valence-electron chi connectivity index (χ4n) is 4.70. The molecule has 0 radical (unpaired) electrons. The van der Waals surface area contributed by atoms with E-state index in [0.717, 1.165) is 44.2 Å². The Bertz CT molecular complexity index is 1750. The summed E-state index contributed by atoms with van der Waals surface area (Å²) in [6.07, 6.45) is 9.97. The molecule has 1 N–H and O–H groups in total. The summed E-state index contributed by atoms with van der Waals surface area (Å²) in [4.78, 5) is 32.6. The molecule has 0 saturated heterocycles. The Hall–Kier alpha value is -4.46. The van der Waals surface area contributed by atoms with Crippen LogP contribution in [0, 0.1) is 18.7 Å². The molecule has 1 amide bonds. The lowest BCUT2D eigenvalue weighted by molar-refractivity contribution is 0.102. The van der Waals surface area contributed by atoms with Crippen molar-refractivity contribution in [3.05, 3.63) is 75.7 Å². The predicted molar refractivity (Wildman–Crippen MR) is 140 cm³/mol. The van der Waals surface area contributed by atoms with Crippen molar-refractivity contribution in [1.82, 2.24) is 29.5 Å². The van der Waals surface area contributed by atoms with Crippen molar-refractivity contribution in [3.8, 4) is 22.0 Å². The molecule has 1 fully saturated rings. The van der Waals surface area contributed by atoms with E-state index in [1.165, 1.54) is 11.3 Å². The molecule has 5 aromatic rings. The van der Waals surface area contributed by atoms with E-state index in [0.29, 0.717) is 22.1 Å². The third-order valence-electron chi connectivity index (χ3n) is 6.72. The lowest BCUT2D eigenvalue weighted by Crippen LogP contribution is -2.14. The Morgan fingerprint density at radius 1 is 1.12 bits per heavy atom. The average Bonchev–Trinajstić information content (AvgIpc) is 3.74. The number of hydrogen-bond donors (Lipinski definition) is 1. The molecule has 0 aliphatic heterocycles. The zero-order valence-electron chi connectivity index (χ0n) is 21.3. The highest BCUT2D eigenvalue weighted by molar-refractivity contribution is 7.13. The Labute approximate surface area is 229 Å². The highest BCUT2D eigenvalue weighted by Gasteiger charge is 2.24. The number of aryl methyl sites for hydroxylation is 1. The van der Waals surface area contributed by atoms with Gasteiger partial charge < -0.3 is 14.2 Å². The summed E-state index contributed by atoms with van der Waals surface area (Å²) in [6, 6.07) is 2.01. The molecule has 0 unspecified atom stereocenters. The zero-order valence-corrected chi connectivity index (χ0v) is 22.1. The van der Waals surface area contributed by atoms with E-state index in [2.05, 4.69) is 25.5 Å². The van der Waals surface area contributed by atoms with Gasteiger partial charge in [-0.2, -0.15) is 14.6 Å². The topological polar surface area (TPSA) is 134 Å². The van der Waals surface area contributed by atoms with Crippen molar-refractivity contribution in [2.75, 3.05) is 5.32 Å². The average molecular weight is 568 g/mol. The summed E-state index contributed by atoms with van der Waals surface area (Å²) >= 11 is 1.24. The van der Waals surface area contributed by atoms with Crippen LogP contribution in [0.1, 0.15) is 60.2 Å². The van der Waals surface area contributed by atoms with Crippen molar-refractivity contribution < 1.29 is 22.4 Å². The first-order valence-electron chi connectivity index (χ1n) is 12.6. The van der Waals surface area contributed by atoms with E-state index in [9.17, 15) is 18.4 Å². The second-order valence-corrected chi connectivity index (χ2v) is 10.3. The molecule has 11 nitrogen and oxygen atoms in total. The minimum absolute atomic E-state index is 0.0499. The molecule has 1 aliphatic carbocycles. The standard InChI is InChI=1S/C26H23F2N7O4S/c1-14-20(39-26(37)38-14)12-34-10-15(9-29-34)25-31-19(13-40-25)24(36)30-18-11-35(16-5-3-2-4-6-16)33-23(18)22-17(27)7-8-21(28)32-22/h7-11,13,16H,2-6,12H2,1H3,(H,30,36). The van der Waals surface area contributed by atoms with Crippen LogP contribution in [0.3, 0.4) is 0 Å². The van der Waals surface area contributed by atoms with Crippen LogP contribution in [0.2, 0.25) is 0 Å². The predicted octanol–water partition coefficient (Wildman–Crippen LogP) is 5.20. The van der Waals surface area contributed by atoms with Crippen molar-refractivity contribution in [2.24, 2.45) is 0 Å². The molecule has 1 saturated carbocycles. The first kappa shape index (κ1) is 25.8. The third-order valence-corrected chi connectivity index (χ3v) is 7.61. The number of nitrogens with zero attached hydrogens (tertiary/aromatic N) is 6. The van der Waals surface area contributed by atoms with Crippen molar-refractivity contribution in [2.45, 2.75) is 51.6 Å². The lowest BCUT2D eigenvalue weighted by Gasteiger charge is -2.21. The molecule has 14 heteroatoms. The van der Waals surface area contributed by atoms with E-state index in [1.807, 2.05) is 0 Å². The lowest BCUT2D eigenvalue weighted by atomic mass is 9.96. The third kappa shape index (κ3) is 5.21. The second-order valence-electron chi connectivity index (χ2n) is 9.48. The van der Waals surface area contributed by atoms with Gasteiger partial charge in [-0.25, -0.2) is 19.2 Å². The smallest absolute Gasteiger partial charge is 0.396 e. The van der Waals surface area contributed by atoms with Crippen molar-refractivity contribution in [1.29, 1.82) is 0 Å². The zero-order chi connectivity index (χ0) is 27.8. The van der Waals surface area contributed by atoms with Gasteiger partial charge in [0.2, 0.25) is 5.95 Å². The van der Waals surface area contributed by atoms with Crippen LogP contribution >= 0.6 is 11.3 Å². The number of thiazole rings is 1. The van der Waals surface area contributed by atoms with Crippen LogP contribution in [0.25, 0.3) is 22.0 Å². The van der Waals surface area contributed by atoms with Gasteiger partial charge in [0, 0.05) is 23.3 Å². The highest BCUT2D eigenvalue weighted by Crippen LogP contribution is 2.34. The number of aromatic nitrogens is 6. The number of carbonyl (C=O) groups excluding carboxylic acids is 1. The van der Waals surface area contributed by atoms with Crippen LogP contribution in [-0.2, 0) is 6.54 Å². The molecule has 5 aromatic heterocycles. The van der Waals surface area contributed by atoms with Gasteiger partial charge in [0.15, 0.2) is 11.6 Å². The molecular weight excluding hydrogens is 544 g/mol. The summed E-state index contributed by atoms with van der Waals surface area (Å²) in [7, 11) is 0. The minimum Gasteiger partial charge on any atom is -0.396 e. The number of rotatable bonds is 7. The van der Waals surface area contributed by atoms with Gasteiger partial charge in [0.1, 0.15) is 34.4 Å². The number of amides is 1. The number of carbonyl (C=O) groups is 1. The maximum Gasteiger partial charge on any atom is 0.519 e. The minimum atomic E-state index is -0.851. The fourth-order valence-corrected chi connectivity index (χ4v) is 5.47. The van der Waals surface area contributed by atoms with E-state index in [4.69, 9.17) is 8.83 Å². The summed E-state index contributed by atoms with van der Waals surface area (Å²) in [5.41, 5.74) is 0.776. The van der Waals surface area contributed by atoms with Crippen LogP contribution in [0.4, 0.5) is 14.5 Å². The summed E-state index contributed by atoms with van der Waals surface area (Å²) in [6.45, 7) is 1.81. The van der Waals surface area contributed by atoms with Gasteiger partial charge in [0.25, 0.3) is 5.91 Å². The number of halogens is 2. The maximum absolute atomic E-state index is 14.7. The normalized spacial score (nSPS) is 14.1. The molecule has 1 aliphatic rings. The summed E-state index contributed by atoms with van der Waals surface area (Å²) in [5.74, 6) is -2.19. The van der Waals surface area contributed by atoms with E-state index < -0.39 is 23.5 Å². The fraction of sp³-hybridized carbons (Fsp3) is 0.308.